The van der Waals surface area contributed by atoms with Crippen molar-refractivity contribution in [2.24, 2.45) is 0 Å². The van der Waals surface area contributed by atoms with Crippen LogP contribution in [-0.2, 0) is 19.1 Å². The zero-order valence-electron chi connectivity index (χ0n) is 12.6. The molecule has 0 aliphatic carbocycles. The largest absolute Gasteiger partial charge is 0.417 e. The Bertz CT molecular complexity index is 936. The molecule has 0 atom stereocenters. The summed E-state index contributed by atoms with van der Waals surface area (Å²) in [6.07, 6.45) is -3.54. The van der Waals surface area contributed by atoms with Crippen LogP contribution in [0.5, 0.6) is 0 Å². The fraction of sp³-hybridized carbons (Fsp3) is 0.188. The fourth-order valence-electron chi connectivity index (χ4n) is 2.22. The van der Waals surface area contributed by atoms with Gasteiger partial charge in [0, 0.05) is 12.6 Å². The number of rotatable bonds is 4. The second kappa shape index (κ2) is 6.72. The molecule has 0 aliphatic rings. The predicted molar refractivity (Wildman–Crippen MR) is 83.4 cm³/mol. The van der Waals surface area contributed by atoms with E-state index in [1.807, 2.05) is 30.3 Å². The SMILES string of the molecule is O=c1c(Cl)cc(C(F)(F)F)cn1Cc1nc(Cc2ccccc2)no1. The van der Waals surface area contributed by atoms with Crippen LogP contribution in [-0.4, -0.2) is 14.7 Å². The Labute approximate surface area is 144 Å². The summed E-state index contributed by atoms with van der Waals surface area (Å²) in [6.45, 7) is -0.301. The summed E-state index contributed by atoms with van der Waals surface area (Å²) >= 11 is 5.60. The molecule has 3 aromatic rings. The maximum atomic E-state index is 12.8. The van der Waals surface area contributed by atoms with Crippen LogP contribution >= 0.6 is 11.6 Å². The van der Waals surface area contributed by atoms with Gasteiger partial charge in [0.1, 0.15) is 11.6 Å². The lowest BCUT2D eigenvalue weighted by atomic mass is 10.1. The highest BCUT2D eigenvalue weighted by Crippen LogP contribution is 2.29. The molecule has 0 unspecified atom stereocenters. The lowest BCUT2D eigenvalue weighted by Gasteiger charge is -2.10. The summed E-state index contributed by atoms with van der Waals surface area (Å²) in [5, 5.41) is 3.25. The van der Waals surface area contributed by atoms with Gasteiger partial charge in [0.05, 0.1) is 5.56 Å². The highest BCUT2D eigenvalue weighted by molar-refractivity contribution is 6.30. The van der Waals surface area contributed by atoms with E-state index in [0.29, 0.717) is 24.5 Å². The van der Waals surface area contributed by atoms with E-state index in [2.05, 4.69) is 10.1 Å². The molecular formula is C16H11ClF3N3O2. The Morgan fingerprint density at radius 3 is 2.60 bits per heavy atom. The maximum Gasteiger partial charge on any atom is 0.417 e. The van der Waals surface area contributed by atoms with Gasteiger partial charge in [-0.15, -0.1) is 0 Å². The van der Waals surface area contributed by atoms with Gasteiger partial charge in [-0.25, -0.2) is 0 Å². The first-order chi connectivity index (χ1) is 11.8. The Morgan fingerprint density at radius 1 is 1.20 bits per heavy atom. The zero-order chi connectivity index (χ0) is 18.0. The van der Waals surface area contributed by atoms with Crippen molar-refractivity contribution >= 4 is 11.6 Å². The third-order valence-corrected chi connectivity index (χ3v) is 3.66. The van der Waals surface area contributed by atoms with Crippen molar-refractivity contribution in [3.63, 3.8) is 0 Å². The van der Waals surface area contributed by atoms with Gasteiger partial charge < -0.3 is 9.09 Å². The minimum atomic E-state index is -4.62. The highest BCUT2D eigenvalue weighted by atomic mass is 35.5. The minimum absolute atomic E-state index is 0.0171. The zero-order valence-corrected chi connectivity index (χ0v) is 13.4. The first kappa shape index (κ1) is 17.2. The van der Waals surface area contributed by atoms with Crippen LogP contribution in [0.3, 0.4) is 0 Å². The Hall–Kier alpha value is -2.61. The number of pyridine rings is 1. The first-order valence-electron chi connectivity index (χ1n) is 7.15. The van der Waals surface area contributed by atoms with Crippen molar-refractivity contribution in [2.45, 2.75) is 19.1 Å². The molecule has 2 heterocycles. The minimum Gasteiger partial charge on any atom is -0.337 e. The monoisotopic (exact) mass is 369 g/mol. The number of alkyl halides is 3. The van der Waals surface area contributed by atoms with Gasteiger partial charge in [0.15, 0.2) is 5.82 Å². The topological polar surface area (TPSA) is 60.9 Å². The average Bonchev–Trinajstić information content (AvgIpc) is 2.98. The van der Waals surface area contributed by atoms with Crippen LogP contribution < -0.4 is 5.56 Å². The number of hydrogen-bond acceptors (Lipinski definition) is 4. The Kier molecular flexibility index (Phi) is 4.63. The summed E-state index contributed by atoms with van der Waals surface area (Å²) in [5.41, 5.74) is -0.840. The van der Waals surface area contributed by atoms with Crippen molar-refractivity contribution in [3.05, 3.63) is 80.8 Å². The van der Waals surface area contributed by atoms with E-state index in [-0.39, 0.29) is 12.4 Å². The van der Waals surface area contributed by atoms with Crippen LogP contribution in [0, 0.1) is 0 Å². The molecule has 3 rings (SSSR count). The van der Waals surface area contributed by atoms with Gasteiger partial charge in [0.25, 0.3) is 5.56 Å². The molecule has 0 bridgehead atoms. The lowest BCUT2D eigenvalue weighted by molar-refractivity contribution is -0.138. The standard InChI is InChI=1S/C16H11ClF3N3O2/c17-12-7-11(16(18,19)20)8-23(15(12)24)9-14-21-13(22-25-14)6-10-4-2-1-3-5-10/h1-5,7-8H,6,9H2. The molecule has 0 spiro atoms. The molecule has 5 nitrogen and oxygen atoms in total. The van der Waals surface area contributed by atoms with Gasteiger partial charge in [-0.2, -0.15) is 18.2 Å². The lowest BCUT2D eigenvalue weighted by Crippen LogP contribution is -2.23. The molecule has 9 heteroatoms. The average molecular weight is 370 g/mol. The van der Waals surface area contributed by atoms with Crippen molar-refractivity contribution in [2.75, 3.05) is 0 Å². The molecule has 0 radical (unpaired) electrons. The second-order valence-corrected chi connectivity index (χ2v) is 5.68. The fourth-order valence-corrected chi connectivity index (χ4v) is 2.45. The van der Waals surface area contributed by atoms with Crippen molar-refractivity contribution in [1.82, 2.24) is 14.7 Å². The number of benzene rings is 1. The van der Waals surface area contributed by atoms with Crippen LogP contribution in [0.15, 0.2) is 51.9 Å². The summed E-state index contributed by atoms with van der Waals surface area (Å²) in [4.78, 5) is 16.0. The van der Waals surface area contributed by atoms with Gasteiger partial charge in [0.2, 0.25) is 5.89 Å². The number of hydrogen-bond donors (Lipinski definition) is 0. The van der Waals surface area contributed by atoms with Crippen LogP contribution in [0.2, 0.25) is 5.02 Å². The number of halogens is 4. The summed E-state index contributed by atoms with van der Waals surface area (Å²) in [7, 11) is 0. The van der Waals surface area contributed by atoms with Crippen molar-refractivity contribution in [1.29, 1.82) is 0 Å². The van der Waals surface area contributed by atoms with E-state index in [1.54, 1.807) is 0 Å². The molecule has 0 saturated carbocycles. The molecule has 0 fully saturated rings. The Morgan fingerprint density at radius 2 is 1.92 bits per heavy atom. The molecule has 0 amide bonds. The third-order valence-electron chi connectivity index (χ3n) is 3.39. The van der Waals surface area contributed by atoms with Gasteiger partial charge >= 0.3 is 6.18 Å². The van der Waals surface area contributed by atoms with Gasteiger partial charge in [-0.1, -0.05) is 47.1 Å². The van der Waals surface area contributed by atoms with E-state index in [4.69, 9.17) is 16.1 Å². The summed E-state index contributed by atoms with van der Waals surface area (Å²) in [6, 6.07) is 9.95. The number of aromatic nitrogens is 3. The highest BCUT2D eigenvalue weighted by Gasteiger charge is 2.32. The molecule has 2 aromatic heterocycles. The molecule has 25 heavy (non-hydrogen) atoms. The van der Waals surface area contributed by atoms with E-state index < -0.39 is 22.3 Å². The summed E-state index contributed by atoms with van der Waals surface area (Å²) < 4.78 is 44.3. The number of nitrogens with zero attached hydrogens (tertiary/aromatic N) is 3. The Balaban J connectivity index is 1.84. The van der Waals surface area contributed by atoms with Crippen LogP contribution in [0.25, 0.3) is 0 Å². The first-order valence-corrected chi connectivity index (χ1v) is 7.53. The molecule has 1 aromatic carbocycles. The summed E-state index contributed by atoms with van der Waals surface area (Å²) in [5.74, 6) is 0.385. The van der Waals surface area contributed by atoms with E-state index >= 15 is 0 Å². The van der Waals surface area contributed by atoms with Crippen LogP contribution in [0.4, 0.5) is 13.2 Å². The molecule has 130 valence electrons. The molecule has 0 saturated heterocycles. The van der Waals surface area contributed by atoms with E-state index in [1.165, 1.54) is 0 Å². The van der Waals surface area contributed by atoms with Crippen molar-refractivity contribution in [3.8, 4) is 0 Å². The normalized spacial score (nSPS) is 11.7. The van der Waals surface area contributed by atoms with Crippen molar-refractivity contribution < 1.29 is 17.7 Å². The maximum absolute atomic E-state index is 12.8. The van der Waals surface area contributed by atoms with Crippen LogP contribution in [0.1, 0.15) is 22.8 Å². The molecule has 0 N–H and O–H groups in total. The smallest absolute Gasteiger partial charge is 0.337 e. The molecular weight excluding hydrogens is 359 g/mol. The van der Waals surface area contributed by atoms with E-state index in [0.717, 1.165) is 10.1 Å². The second-order valence-electron chi connectivity index (χ2n) is 5.27. The van der Waals surface area contributed by atoms with Gasteiger partial charge in [-0.05, 0) is 11.6 Å². The van der Waals surface area contributed by atoms with E-state index in [9.17, 15) is 18.0 Å². The molecule has 0 aliphatic heterocycles. The predicted octanol–water partition coefficient (Wildman–Crippen LogP) is 3.54. The third kappa shape index (κ3) is 4.08. The quantitative estimate of drug-likeness (QED) is 0.705. The van der Waals surface area contributed by atoms with Gasteiger partial charge in [-0.3, -0.25) is 4.79 Å².